The zero-order chi connectivity index (χ0) is 55.9. The molecule has 33 nitrogen and oxygen atoms in total. The van der Waals surface area contributed by atoms with Gasteiger partial charge in [0.05, 0.1) is 26.1 Å². The van der Waals surface area contributed by atoms with Crippen LogP contribution in [0.2, 0.25) is 0 Å². The Bertz CT molecular complexity index is 2580. The number of aliphatic hydroxyl groups is 4. The average Bonchev–Trinajstić information content (AvgIpc) is 4.12. The number of phosphoric ester groups is 3. The first kappa shape index (κ1) is 61.0. The first-order valence-electron chi connectivity index (χ1n) is 23.1. The number of nitrogens with zero attached hydrogens (tertiary/aromatic N) is 6. The van der Waals surface area contributed by atoms with Crippen molar-refractivity contribution in [3.8, 4) is 0 Å². The predicted octanol–water partition coefficient (Wildman–Crippen LogP) is -2.11. The molecule has 6 aliphatic heterocycles. The van der Waals surface area contributed by atoms with Crippen molar-refractivity contribution in [2.75, 3.05) is 44.9 Å². The summed E-state index contributed by atoms with van der Waals surface area (Å²) in [5, 5.41) is 48.4. The van der Waals surface area contributed by atoms with Crippen molar-refractivity contribution < 1.29 is 115 Å². The van der Waals surface area contributed by atoms with E-state index in [0.717, 1.165) is 25.9 Å². The molecule has 4 saturated heterocycles. The van der Waals surface area contributed by atoms with Crippen LogP contribution in [0.3, 0.4) is 0 Å². The van der Waals surface area contributed by atoms with Gasteiger partial charge in [-0.2, -0.15) is 0 Å². The standard InChI is InChI=1S/C17H28N5O8P.C13H19N2O8P.C10H15N2O8P/c1-2-3-6-28-7-4-5-18-15-12-16(20-9-19-15)22(10-21-12)17-14(24)13(23)11(30-17)8-29-31(25,26)27;1-7-14-9(16)4-5-15(7)12-11-10(22-13(2,3)23-11)8(21-12)6-20-24(17,18)19;1-5-11-7(13)2-3-12(5)10-9(15)8(14)6(20-10)4-19-21(16,17)18/h9-11,13-14,17,23-24H,2-8H2,1H3,(H,18,19,20)(H2,25,26,27);4-5,8,10-12H,1,6H2,2-3H3,(H,14,16)(H2,17,18,19);2-3,6,8-10,14-15H,1,4H2,(H,11,13)(H2,16,17,18)/t11-,13-,14-,17-;8-,10-,11?,12-;6-,8-,9-,10-/m111/s1. The molecule has 2 aromatic heterocycles. The van der Waals surface area contributed by atoms with Crippen molar-refractivity contribution in [1.82, 2.24) is 40.0 Å². The number of aliphatic hydroxyl groups excluding tert-OH is 4. The Morgan fingerprint density at radius 3 is 1.71 bits per heavy atom. The lowest BCUT2D eigenvalue weighted by atomic mass is 10.1. The maximum atomic E-state index is 11.4. The molecular weight excluding hydrogens is 1080 g/mol. The van der Waals surface area contributed by atoms with Gasteiger partial charge in [0.2, 0.25) is 0 Å². The van der Waals surface area contributed by atoms with Crippen LogP contribution in [0.25, 0.3) is 11.2 Å². The van der Waals surface area contributed by atoms with Gasteiger partial charge in [0, 0.05) is 44.3 Å². The lowest BCUT2D eigenvalue weighted by molar-refractivity contribution is -0.202. The third-order valence-electron chi connectivity index (χ3n) is 11.5. The molecule has 76 heavy (non-hydrogen) atoms. The van der Waals surface area contributed by atoms with Crippen molar-refractivity contribution in [2.24, 2.45) is 0 Å². The van der Waals surface area contributed by atoms with Gasteiger partial charge in [-0.05, 0) is 26.7 Å². The lowest BCUT2D eigenvalue weighted by Gasteiger charge is -2.34. The fraction of sp³-hybridized carbons (Fsp3) is 0.625. The van der Waals surface area contributed by atoms with Crippen molar-refractivity contribution in [3.05, 3.63) is 62.0 Å². The van der Waals surface area contributed by atoms with Crippen molar-refractivity contribution in [2.45, 2.75) is 119 Å². The van der Waals surface area contributed by atoms with Gasteiger partial charge >= 0.3 is 23.5 Å². The van der Waals surface area contributed by atoms with E-state index in [1.54, 1.807) is 18.7 Å². The number of hydrogen-bond donors (Lipinski definition) is 13. The van der Waals surface area contributed by atoms with E-state index >= 15 is 0 Å². The number of carbonyl (C=O) groups excluding carboxylic acids is 2. The molecule has 8 rings (SSSR count). The van der Waals surface area contributed by atoms with Crippen LogP contribution >= 0.6 is 23.5 Å². The summed E-state index contributed by atoms with van der Waals surface area (Å²) in [6, 6.07) is 0. The molecule has 0 spiro atoms. The molecular formula is C40H62N9O24P3. The number of nitrogens with one attached hydrogen (secondary N) is 3. The Labute approximate surface area is 432 Å². The molecule has 0 bridgehead atoms. The zero-order valence-corrected chi connectivity index (χ0v) is 43.6. The third kappa shape index (κ3) is 16.4. The SMILES string of the molecule is C=C1NC(=O)C=CN1[C@@H]1O[C@H](COP(=O)(O)O)[C@@H](O)[C@H]1O.C=C1NC(=O)C=CN1[C@@H]1O[C@H](COP(=O)(O)O)[C@H]2OC(C)(C)OC12.CCCCOCCCNc1ncnc2c1ncn2[C@@H]1O[C@H](COP(=O)(O)O)[C@@H](O)[C@H]1O. The highest BCUT2D eigenvalue weighted by molar-refractivity contribution is 7.46. The van der Waals surface area contributed by atoms with Gasteiger partial charge in [0.25, 0.3) is 11.8 Å². The number of fused-ring (bicyclic) bond motifs is 2. The van der Waals surface area contributed by atoms with E-state index in [2.05, 4.69) is 64.6 Å². The maximum Gasteiger partial charge on any atom is 0.469 e. The van der Waals surface area contributed by atoms with Crippen LogP contribution in [-0.2, 0) is 65.3 Å². The second-order valence-corrected chi connectivity index (χ2v) is 21.4. The topological polar surface area (TPSA) is 457 Å². The van der Waals surface area contributed by atoms with Gasteiger partial charge in [-0.1, -0.05) is 26.5 Å². The van der Waals surface area contributed by atoms with Crippen LogP contribution in [0.4, 0.5) is 5.82 Å². The summed E-state index contributed by atoms with van der Waals surface area (Å²) in [5.74, 6) is -0.651. The summed E-state index contributed by atoms with van der Waals surface area (Å²) in [6.07, 6.45) is -1.66. The van der Waals surface area contributed by atoms with Crippen LogP contribution in [0.1, 0.15) is 46.3 Å². The number of rotatable bonds is 20. The van der Waals surface area contributed by atoms with Gasteiger partial charge in [-0.15, -0.1) is 0 Å². The van der Waals surface area contributed by atoms with E-state index in [1.165, 1.54) is 46.7 Å². The highest BCUT2D eigenvalue weighted by atomic mass is 31.2. The number of anilines is 1. The minimum atomic E-state index is -4.74. The van der Waals surface area contributed by atoms with Gasteiger partial charge in [-0.3, -0.25) is 27.7 Å². The van der Waals surface area contributed by atoms with Crippen LogP contribution in [0.15, 0.2) is 62.0 Å². The summed E-state index contributed by atoms with van der Waals surface area (Å²) in [4.78, 5) is 90.7. The fourth-order valence-corrected chi connectivity index (χ4v) is 9.09. The Hall–Kier alpha value is -4.22. The highest BCUT2D eigenvalue weighted by Crippen LogP contribution is 2.44. The largest absolute Gasteiger partial charge is 0.469 e. The average molecular weight is 1150 g/mol. The van der Waals surface area contributed by atoms with E-state index in [9.17, 15) is 43.7 Å². The van der Waals surface area contributed by atoms with E-state index < -0.39 is 122 Å². The smallest absolute Gasteiger partial charge is 0.387 e. The van der Waals surface area contributed by atoms with E-state index in [0.29, 0.717) is 36.0 Å². The van der Waals surface area contributed by atoms with Crippen molar-refractivity contribution >= 4 is 52.3 Å². The number of carbonyl (C=O) groups is 2. The lowest BCUT2D eigenvalue weighted by Crippen LogP contribution is -2.46. The molecule has 0 aliphatic carbocycles. The zero-order valence-electron chi connectivity index (χ0n) is 40.9. The number of aromatic nitrogens is 4. The number of hydrogen-bond acceptors (Lipinski definition) is 24. The highest BCUT2D eigenvalue weighted by Gasteiger charge is 2.57. The fourth-order valence-electron chi connectivity index (χ4n) is 8.07. The van der Waals surface area contributed by atoms with Crippen molar-refractivity contribution in [3.63, 3.8) is 0 Å². The van der Waals surface area contributed by atoms with Gasteiger partial charge in [-0.25, -0.2) is 28.6 Å². The van der Waals surface area contributed by atoms with Crippen LogP contribution in [-0.4, -0.2) is 204 Å². The van der Waals surface area contributed by atoms with Crippen molar-refractivity contribution in [1.29, 1.82) is 0 Å². The third-order valence-corrected chi connectivity index (χ3v) is 13.0. The quantitative estimate of drug-likeness (QED) is 0.0498. The summed E-state index contributed by atoms with van der Waals surface area (Å²) < 4.78 is 81.0. The second-order valence-electron chi connectivity index (χ2n) is 17.7. The molecule has 1 unspecified atom stereocenters. The maximum absolute atomic E-state index is 11.4. The molecule has 36 heteroatoms. The minimum Gasteiger partial charge on any atom is -0.387 e. The first-order chi connectivity index (χ1) is 35.6. The molecule has 2 aromatic rings. The van der Waals surface area contributed by atoms with E-state index in [-0.39, 0.29) is 18.3 Å². The number of unbranched alkanes of at least 4 members (excludes halogenated alkanes) is 1. The molecule has 12 atom stereocenters. The molecule has 0 aromatic carbocycles. The number of imidazole rings is 1. The summed E-state index contributed by atoms with van der Waals surface area (Å²) in [5.41, 5.74) is 0.819. The Kier molecular flexibility index (Phi) is 20.6. The number of ether oxygens (including phenoxy) is 6. The summed E-state index contributed by atoms with van der Waals surface area (Å²) in [7, 11) is -14.1. The first-order valence-corrected chi connectivity index (χ1v) is 27.7. The normalized spacial score (nSPS) is 30.2. The van der Waals surface area contributed by atoms with Crippen LogP contribution in [0, 0.1) is 0 Å². The van der Waals surface area contributed by atoms with E-state index in [4.69, 9.17) is 57.8 Å². The predicted molar refractivity (Wildman–Crippen MR) is 254 cm³/mol. The molecule has 4 fully saturated rings. The Morgan fingerprint density at radius 2 is 1.17 bits per heavy atom. The molecule has 2 amide bonds. The molecule has 8 heterocycles. The van der Waals surface area contributed by atoms with Gasteiger partial charge < -0.3 is 104 Å². The number of phosphoric acid groups is 3. The molecule has 426 valence electrons. The second kappa shape index (κ2) is 25.7. The molecule has 0 radical (unpaired) electrons. The Morgan fingerprint density at radius 1 is 0.684 bits per heavy atom. The number of amides is 2. The van der Waals surface area contributed by atoms with E-state index in [1.807, 2.05) is 0 Å². The minimum absolute atomic E-state index is 0.135. The van der Waals surface area contributed by atoms with Crippen LogP contribution in [0.5, 0.6) is 0 Å². The Balaban J connectivity index is 0.000000189. The summed E-state index contributed by atoms with van der Waals surface area (Å²) >= 11 is 0. The van der Waals surface area contributed by atoms with Gasteiger partial charge in [0.1, 0.15) is 72.9 Å². The molecule has 13 N–H and O–H groups in total. The molecule has 6 aliphatic rings. The summed E-state index contributed by atoms with van der Waals surface area (Å²) in [6.45, 7) is 13.3. The van der Waals surface area contributed by atoms with Crippen LogP contribution < -0.4 is 16.0 Å². The van der Waals surface area contributed by atoms with Gasteiger partial charge in [0.15, 0.2) is 41.5 Å². The monoisotopic (exact) mass is 1150 g/mol. The molecule has 0 saturated carbocycles.